The molecule has 0 aliphatic carbocycles. The van der Waals surface area contributed by atoms with E-state index in [2.05, 4.69) is 5.32 Å². The summed E-state index contributed by atoms with van der Waals surface area (Å²) >= 11 is 0. The molecule has 1 aliphatic rings. The first-order valence-electron chi connectivity index (χ1n) is 9.59. The normalized spacial score (nSPS) is 14.5. The SMILES string of the molecule is O=C([O-])C1=C(Nc2ccccc2)O/C(=C\c2ccc(OCc3ccccc3)cc2)C1=O. The topological polar surface area (TPSA) is 87.7 Å². The van der Waals surface area contributed by atoms with Gasteiger partial charge in [0.05, 0.1) is 5.97 Å². The molecule has 31 heavy (non-hydrogen) atoms. The van der Waals surface area contributed by atoms with Gasteiger partial charge < -0.3 is 24.7 Å². The van der Waals surface area contributed by atoms with Crippen LogP contribution < -0.4 is 15.2 Å². The third kappa shape index (κ3) is 4.82. The lowest BCUT2D eigenvalue weighted by Gasteiger charge is -2.09. The number of hydrogen-bond donors (Lipinski definition) is 1. The number of ketones is 1. The van der Waals surface area contributed by atoms with Crippen LogP contribution >= 0.6 is 0 Å². The van der Waals surface area contributed by atoms with Crippen molar-refractivity contribution < 1.29 is 24.2 Å². The molecule has 0 atom stereocenters. The average molecular weight is 412 g/mol. The number of ether oxygens (including phenoxy) is 2. The molecule has 0 saturated carbocycles. The zero-order chi connectivity index (χ0) is 21.6. The smallest absolute Gasteiger partial charge is 0.235 e. The number of carbonyl (C=O) groups is 2. The van der Waals surface area contributed by atoms with Crippen LogP contribution in [0.4, 0.5) is 5.69 Å². The third-order valence-corrected chi connectivity index (χ3v) is 4.55. The number of aliphatic carboxylic acids is 1. The van der Waals surface area contributed by atoms with Crippen molar-refractivity contribution >= 4 is 23.5 Å². The Hall–Kier alpha value is -4.32. The standard InChI is InChI=1S/C25H19NO5/c27-23-21(31-24(22(23)25(28)29)26-19-9-5-2-6-10-19)15-17-11-13-20(14-12-17)30-16-18-7-3-1-4-8-18/h1-15,26H,16H2,(H,28,29)/p-1/b21-15-. The van der Waals surface area contributed by atoms with Crippen molar-refractivity contribution in [2.24, 2.45) is 0 Å². The van der Waals surface area contributed by atoms with Crippen LogP contribution in [-0.2, 0) is 20.9 Å². The number of rotatable bonds is 7. The van der Waals surface area contributed by atoms with Crippen molar-refractivity contribution in [2.75, 3.05) is 5.32 Å². The maximum Gasteiger partial charge on any atom is 0.235 e. The Kier molecular flexibility index (Phi) is 5.80. The summed E-state index contributed by atoms with van der Waals surface area (Å²) in [5, 5.41) is 14.3. The number of benzene rings is 3. The van der Waals surface area contributed by atoms with E-state index in [1.165, 1.54) is 6.08 Å². The summed E-state index contributed by atoms with van der Waals surface area (Å²) in [5.41, 5.74) is 1.76. The molecule has 0 amide bonds. The Balaban J connectivity index is 1.47. The molecule has 1 aliphatic heterocycles. The number of carbonyl (C=O) groups excluding carboxylic acids is 2. The summed E-state index contributed by atoms with van der Waals surface area (Å²) < 4.78 is 11.3. The zero-order valence-corrected chi connectivity index (χ0v) is 16.4. The summed E-state index contributed by atoms with van der Waals surface area (Å²) in [4.78, 5) is 24.0. The maximum atomic E-state index is 12.5. The van der Waals surface area contributed by atoms with E-state index in [0.29, 0.717) is 23.6 Å². The van der Waals surface area contributed by atoms with Crippen molar-refractivity contribution in [1.29, 1.82) is 0 Å². The third-order valence-electron chi connectivity index (χ3n) is 4.55. The molecule has 6 nitrogen and oxygen atoms in total. The Morgan fingerprint density at radius 1 is 0.935 bits per heavy atom. The largest absolute Gasteiger partial charge is 0.544 e. The van der Waals surface area contributed by atoms with Gasteiger partial charge >= 0.3 is 0 Å². The van der Waals surface area contributed by atoms with Crippen molar-refractivity contribution in [1.82, 2.24) is 0 Å². The van der Waals surface area contributed by atoms with Gasteiger partial charge in [-0.15, -0.1) is 0 Å². The summed E-state index contributed by atoms with van der Waals surface area (Å²) in [5.74, 6) is -1.94. The maximum absolute atomic E-state index is 12.5. The molecule has 4 rings (SSSR count). The summed E-state index contributed by atoms with van der Waals surface area (Å²) in [6.07, 6.45) is 1.48. The van der Waals surface area contributed by atoms with Crippen LogP contribution in [0.15, 0.2) is 102 Å². The number of Topliss-reactive ketones (excluding diaryl/α,β-unsaturated/α-hetero) is 1. The van der Waals surface area contributed by atoms with Gasteiger partial charge in [0.25, 0.3) is 0 Å². The number of hydrogen-bond acceptors (Lipinski definition) is 6. The van der Waals surface area contributed by atoms with E-state index in [1.807, 2.05) is 36.4 Å². The van der Waals surface area contributed by atoms with Crippen molar-refractivity contribution in [3.05, 3.63) is 113 Å². The van der Waals surface area contributed by atoms with Crippen molar-refractivity contribution in [3.63, 3.8) is 0 Å². The summed E-state index contributed by atoms with van der Waals surface area (Å²) in [6.45, 7) is 0.441. The van der Waals surface area contributed by atoms with E-state index in [0.717, 1.165) is 5.56 Å². The Labute approximate surface area is 179 Å². The fourth-order valence-corrected chi connectivity index (χ4v) is 3.01. The highest BCUT2D eigenvalue weighted by molar-refractivity contribution is 6.25. The second-order valence-corrected chi connectivity index (χ2v) is 6.77. The van der Waals surface area contributed by atoms with Crippen molar-refractivity contribution in [2.45, 2.75) is 6.61 Å². The first kappa shape index (κ1) is 20.0. The van der Waals surface area contributed by atoms with E-state index < -0.39 is 17.3 Å². The number of anilines is 1. The molecule has 0 bridgehead atoms. The molecule has 1 heterocycles. The van der Waals surface area contributed by atoms with Crippen LogP contribution in [0.2, 0.25) is 0 Å². The fourth-order valence-electron chi connectivity index (χ4n) is 3.01. The quantitative estimate of drug-likeness (QED) is 0.473. The zero-order valence-electron chi connectivity index (χ0n) is 16.4. The molecule has 154 valence electrons. The van der Waals surface area contributed by atoms with Crippen LogP contribution in [0, 0.1) is 0 Å². The minimum Gasteiger partial charge on any atom is -0.544 e. The van der Waals surface area contributed by atoms with Crippen LogP contribution in [0.25, 0.3) is 6.08 Å². The first-order chi connectivity index (χ1) is 15.1. The van der Waals surface area contributed by atoms with Gasteiger partial charge in [0.15, 0.2) is 5.76 Å². The van der Waals surface area contributed by atoms with E-state index >= 15 is 0 Å². The van der Waals surface area contributed by atoms with Crippen molar-refractivity contribution in [3.8, 4) is 5.75 Å². The predicted octanol–water partition coefficient (Wildman–Crippen LogP) is 3.28. The van der Waals surface area contributed by atoms with Gasteiger partial charge in [-0.3, -0.25) is 4.79 Å². The van der Waals surface area contributed by atoms with Gasteiger partial charge in [-0.2, -0.15) is 0 Å². The average Bonchev–Trinajstić information content (AvgIpc) is 3.09. The molecule has 3 aromatic carbocycles. The predicted molar refractivity (Wildman–Crippen MR) is 113 cm³/mol. The lowest BCUT2D eigenvalue weighted by atomic mass is 10.1. The molecule has 0 fully saturated rings. The molecular weight excluding hydrogens is 394 g/mol. The van der Waals surface area contributed by atoms with E-state index in [4.69, 9.17) is 9.47 Å². The second kappa shape index (κ2) is 9.00. The lowest BCUT2D eigenvalue weighted by molar-refractivity contribution is -0.298. The number of allylic oxidation sites excluding steroid dienone is 1. The van der Waals surface area contributed by atoms with Crippen LogP contribution in [0.3, 0.4) is 0 Å². The van der Waals surface area contributed by atoms with Gasteiger partial charge in [-0.25, -0.2) is 0 Å². The highest BCUT2D eigenvalue weighted by Gasteiger charge is 2.31. The minimum absolute atomic E-state index is 0.101. The van der Waals surface area contributed by atoms with E-state index in [-0.39, 0.29) is 11.6 Å². The molecule has 0 radical (unpaired) electrons. The molecule has 3 aromatic rings. The lowest BCUT2D eigenvalue weighted by Crippen LogP contribution is -2.28. The van der Waals surface area contributed by atoms with Gasteiger partial charge in [0.1, 0.15) is 17.9 Å². The van der Waals surface area contributed by atoms with Gasteiger partial charge in [0.2, 0.25) is 11.7 Å². The highest BCUT2D eigenvalue weighted by Crippen LogP contribution is 2.28. The van der Waals surface area contributed by atoms with Gasteiger partial charge in [-0.1, -0.05) is 60.7 Å². The minimum atomic E-state index is -1.60. The first-order valence-corrected chi connectivity index (χ1v) is 9.59. The molecule has 6 heteroatoms. The molecule has 0 aromatic heterocycles. The molecule has 1 N–H and O–H groups in total. The molecule has 0 unspecified atom stereocenters. The number of para-hydroxylation sites is 1. The highest BCUT2D eigenvalue weighted by atomic mass is 16.5. The van der Waals surface area contributed by atoms with Crippen LogP contribution in [-0.4, -0.2) is 11.8 Å². The number of carboxylic acid groups (broad SMARTS) is 1. The Bertz CT molecular complexity index is 1150. The fraction of sp³-hybridized carbons (Fsp3) is 0.0400. The summed E-state index contributed by atoms with van der Waals surface area (Å²) in [6, 6.07) is 25.7. The van der Waals surface area contributed by atoms with Gasteiger partial charge in [0, 0.05) is 5.69 Å². The van der Waals surface area contributed by atoms with Gasteiger partial charge in [-0.05, 0) is 41.5 Å². The molecular formula is C25H18NO5-. The Morgan fingerprint density at radius 3 is 2.23 bits per heavy atom. The molecule has 0 spiro atoms. The Morgan fingerprint density at radius 2 is 1.58 bits per heavy atom. The van der Waals surface area contributed by atoms with Crippen LogP contribution in [0.1, 0.15) is 11.1 Å². The summed E-state index contributed by atoms with van der Waals surface area (Å²) in [7, 11) is 0. The van der Waals surface area contributed by atoms with Crippen LogP contribution in [0.5, 0.6) is 5.75 Å². The molecule has 0 saturated heterocycles. The number of nitrogens with one attached hydrogen (secondary N) is 1. The monoisotopic (exact) mass is 412 g/mol. The second-order valence-electron chi connectivity index (χ2n) is 6.77. The van der Waals surface area contributed by atoms with E-state index in [1.54, 1.807) is 48.5 Å². The number of carboxylic acids is 1. The van der Waals surface area contributed by atoms with E-state index in [9.17, 15) is 14.7 Å².